The molecule has 0 saturated carbocycles. The average Bonchev–Trinajstić information content (AvgIpc) is 3.05. The summed E-state index contributed by atoms with van der Waals surface area (Å²) in [6.45, 7) is 0. The molecule has 4 aromatic rings. The largest absolute Gasteiger partial charge is 0.494 e. The Labute approximate surface area is 198 Å². The predicted octanol–water partition coefficient (Wildman–Crippen LogP) is 5.97. The van der Waals surface area contributed by atoms with E-state index in [9.17, 15) is 19.8 Å². The molecule has 7 nitrogen and oxygen atoms in total. The number of aromatic hydroxyl groups is 2. The fourth-order valence-corrected chi connectivity index (χ4v) is 4.15. The molecule has 3 aromatic carbocycles. The third-order valence-corrected chi connectivity index (χ3v) is 6.37. The van der Waals surface area contributed by atoms with E-state index < -0.39 is 11.8 Å². The second-order valence-electron chi connectivity index (χ2n) is 7.22. The molecule has 0 spiro atoms. The summed E-state index contributed by atoms with van der Waals surface area (Å²) in [5.74, 6) is -0.946. The zero-order chi connectivity index (χ0) is 23.5. The molecule has 2 amide bonds. The number of hydrogen-bond donors (Lipinski definition) is 2. The zero-order valence-corrected chi connectivity index (χ0v) is 19.0. The summed E-state index contributed by atoms with van der Waals surface area (Å²) in [6, 6.07) is 18.8. The van der Waals surface area contributed by atoms with Gasteiger partial charge in [0.05, 0.1) is 0 Å². The van der Waals surface area contributed by atoms with E-state index in [4.69, 9.17) is 11.6 Å². The molecule has 0 bridgehead atoms. The number of benzene rings is 3. The van der Waals surface area contributed by atoms with Crippen LogP contribution in [-0.2, 0) is 12.8 Å². The number of carbonyl (C=O) groups is 2. The van der Waals surface area contributed by atoms with Crippen LogP contribution in [0, 0.1) is 0 Å². The van der Waals surface area contributed by atoms with Crippen LogP contribution in [-0.4, -0.2) is 26.6 Å². The van der Waals surface area contributed by atoms with Gasteiger partial charge in [-0.05, 0) is 60.2 Å². The number of halogens is 1. The van der Waals surface area contributed by atoms with Gasteiger partial charge in [0.25, 0.3) is 11.8 Å². The molecule has 4 rings (SSSR count). The Bertz CT molecular complexity index is 1380. The van der Waals surface area contributed by atoms with Gasteiger partial charge in [0.1, 0.15) is 0 Å². The van der Waals surface area contributed by atoms with Crippen molar-refractivity contribution in [3.8, 4) is 11.8 Å². The summed E-state index contributed by atoms with van der Waals surface area (Å²) in [4.78, 5) is 25.7. The molecule has 9 heteroatoms. The minimum atomic E-state index is -0.732. The van der Waals surface area contributed by atoms with Gasteiger partial charge in [-0.3, -0.25) is 14.2 Å². The summed E-state index contributed by atoms with van der Waals surface area (Å²) in [6.07, 6.45) is 0. The monoisotopic (exact) mass is 479 g/mol. The van der Waals surface area contributed by atoms with Crippen molar-refractivity contribution in [2.24, 2.45) is 17.3 Å². The third kappa shape index (κ3) is 4.92. The van der Waals surface area contributed by atoms with E-state index in [1.807, 2.05) is 36.4 Å². The molecule has 0 atom stereocenters. The zero-order valence-electron chi connectivity index (χ0n) is 17.4. The fraction of sp³-hybridized carbons (Fsp3) is 0.0833. The van der Waals surface area contributed by atoms with Gasteiger partial charge in [-0.2, -0.15) is 0 Å². The molecule has 1 aromatic heterocycles. The molecule has 0 aliphatic carbocycles. The van der Waals surface area contributed by atoms with Crippen molar-refractivity contribution in [1.29, 1.82) is 0 Å². The van der Waals surface area contributed by atoms with Gasteiger partial charge in [0, 0.05) is 44.6 Å². The molecular weight excluding hydrogens is 462 g/mol. The van der Waals surface area contributed by atoms with Crippen LogP contribution in [0.2, 0.25) is 5.02 Å². The number of hydrogen-bond acceptors (Lipinski definition) is 5. The van der Waals surface area contributed by atoms with Crippen LogP contribution in [0.5, 0.6) is 11.8 Å². The molecular formula is C24H18ClN3O4S. The number of carbonyl (C=O) groups excluding carboxylic acids is 2. The summed E-state index contributed by atoms with van der Waals surface area (Å²) in [5.41, 5.74) is 1.47. The maximum Gasteiger partial charge on any atom is 0.295 e. The number of thioether (sulfide) groups is 1. The number of rotatable bonds is 5. The quantitative estimate of drug-likeness (QED) is 0.271. The number of aromatic nitrogens is 1. The van der Waals surface area contributed by atoms with Crippen molar-refractivity contribution in [1.82, 2.24) is 4.57 Å². The van der Waals surface area contributed by atoms with Crippen LogP contribution in [0.15, 0.2) is 81.9 Å². The lowest BCUT2D eigenvalue weighted by molar-refractivity contribution is 0.0947. The molecule has 0 fully saturated rings. The van der Waals surface area contributed by atoms with Gasteiger partial charge >= 0.3 is 0 Å². The van der Waals surface area contributed by atoms with E-state index in [1.165, 1.54) is 29.8 Å². The normalized spacial score (nSPS) is 11.3. The second-order valence-corrected chi connectivity index (χ2v) is 8.70. The van der Waals surface area contributed by atoms with Crippen LogP contribution in [0.1, 0.15) is 26.3 Å². The van der Waals surface area contributed by atoms with Gasteiger partial charge in [-0.25, -0.2) is 0 Å². The standard InChI is InChI=1S/C24H18ClN3O4S/c1-28-23(31)19-11-6-16(12-20(19)24(28)32)22(30)27-26-21(29)15-4-2-14(3-5-15)13-33-18-9-7-17(25)8-10-18/h2-12,31-32H,13H2,1H3. The molecule has 0 aliphatic rings. The number of azo groups is 1. The first kappa shape index (κ1) is 22.6. The lowest BCUT2D eigenvalue weighted by Crippen LogP contribution is -1.98. The lowest BCUT2D eigenvalue weighted by Gasteiger charge is -2.03. The van der Waals surface area contributed by atoms with E-state index in [2.05, 4.69) is 10.2 Å². The highest BCUT2D eigenvalue weighted by Crippen LogP contribution is 2.35. The highest BCUT2D eigenvalue weighted by Gasteiger charge is 2.16. The van der Waals surface area contributed by atoms with Crippen molar-refractivity contribution in [2.45, 2.75) is 10.6 Å². The first-order chi connectivity index (χ1) is 15.8. The third-order valence-electron chi connectivity index (χ3n) is 5.04. The Morgan fingerprint density at radius 1 is 0.848 bits per heavy atom. The summed E-state index contributed by atoms with van der Waals surface area (Å²) >= 11 is 7.54. The summed E-state index contributed by atoms with van der Waals surface area (Å²) in [7, 11) is 1.49. The Morgan fingerprint density at radius 2 is 1.42 bits per heavy atom. The number of nitrogens with zero attached hydrogens (tertiary/aromatic N) is 3. The van der Waals surface area contributed by atoms with E-state index in [0.29, 0.717) is 21.4 Å². The number of amides is 2. The van der Waals surface area contributed by atoms with E-state index in [0.717, 1.165) is 16.2 Å². The minimum absolute atomic E-state index is 0.117. The van der Waals surface area contributed by atoms with Crippen LogP contribution in [0.3, 0.4) is 0 Å². The van der Waals surface area contributed by atoms with Gasteiger partial charge < -0.3 is 10.2 Å². The molecule has 0 saturated heterocycles. The first-order valence-electron chi connectivity index (χ1n) is 9.81. The molecule has 1 heterocycles. The Kier molecular flexibility index (Phi) is 6.48. The lowest BCUT2D eigenvalue weighted by atomic mass is 10.1. The Hall–Kier alpha value is -3.62. The molecule has 0 aliphatic heterocycles. The number of fused-ring (bicyclic) bond motifs is 1. The highest BCUT2D eigenvalue weighted by molar-refractivity contribution is 7.98. The van der Waals surface area contributed by atoms with Crippen molar-refractivity contribution in [2.75, 3.05) is 0 Å². The smallest absolute Gasteiger partial charge is 0.295 e. The Balaban J connectivity index is 1.40. The van der Waals surface area contributed by atoms with Crippen molar-refractivity contribution in [3.05, 3.63) is 88.4 Å². The minimum Gasteiger partial charge on any atom is -0.494 e. The first-order valence-corrected chi connectivity index (χ1v) is 11.2. The van der Waals surface area contributed by atoms with E-state index in [1.54, 1.807) is 23.9 Å². The van der Waals surface area contributed by atoms with Crippen molar-refractivity contribution in [3.63, 3.8) is 0 Å². The molecule has 0 unspecified atom stereocenters. The molecule has 166 valence electrons. The molecule has 2 N–H and O–H groups in total. The van der Waals surface area contributed by atoms with Crippen molar-refractivity contribution < 1.29 is 19.8 Å². The van der Waals surface area contributed by atoms with Crippen molar-refractivity contribution >= 4 is 45.9 Å². The maximum absolute atomic E-state index is 12.3. The predicted molar refractivity (Wildman–Crippen MR) is 127 cm³/mol. The van der Waals surface area contributed by atoms with Gasteiger partial charge in [0.15, 0.2) is 0 Å². The average molecular weight is 480 g/mol. The van der Waals surface area contributed by atoms with Gasteiger partial charge in [0.2, 0.25) is 11.8 Å². The van der Waals surface area contributed by atoms with Crippen LogP contribution < -0.4 is 0 Å². The van der Waals surface area contributed by atoms with E-state index in [-0.39, 0.29) is 17.3 Å². The van der Waals surface area contributed by atoms with E-state index >= 15 is 0 Å². The summed E-state index contributed by atoms with van der Waals surface area (Å²) < 4.78 is 1.20. The van der Waals surface area contributed by atoms with Gasteiger partial charge in [-0.1, -0.05) is 23.7 Å². The maximum atomic E-state index is 12.3. The second kappa shape index (κ2) is 9.48. The topological polar surface area (TPSA) is 104 Å². The summed E-state index contributed by atoms with van der Waals surface area (Å²) in [5, 5.41) is 28.4. The highest BCUT2D eigenvalue weighted by atomic mass is 35.5. The fourth-order valence-electron chi connectivity index (χ4n) is 3.17. The van der Waals surface area contributed by atoms with Crippen LogP contribution in [0.25, 0.3) is 10.8 Å². The molecule has 33 heavy (non-hydrogen) atoms. The van der Waals surface area contributed by atoms with Gasteiger partial charge in [-0.15, -0.1) is 22.0 Å². The van der Waals surface area contributed by atoms with Crippen LogP contribution >= 0.6 is 23.4 Å². The molecule has 0 radical (unpaired) electrons. The SMILES string of the molecule is Cn1c(O)c2ccc(C(=O)N=NC(=O)c3ccc(CSc4ccc(Cl)cc4)cc3)cc2c1O. The Morgan fingerprint density at radius 3 is 2.09 bits per heavy atom. The van der Waals surface area contributed by atoms with Crippen LogP contribution in [0.4, 0.5) is 0 Å².